The van der Waals surface area contributed by atoms with Crippen molar-refractivity contribution >= 4 is 22.9 Å². The van der Waals surface area contributed by atoms with Gasteiger partial charge in [-0.05, 0) is 29.1 Å². The molecule has 0 aliphatic rings. The molecular formula is C18H14FN3O4S. The number of rotatable bonds is 6. The van der Waals surface area contributed by atoms with Crippen molar-refractivity contribution in [2.45, 2.75) is 12.6 Å². The van der Waals surface area contributed by atoms with Gasteiger partial charge in [0.15, 0.2) is 0 Å². The van der Waals surface area contributed by atoms with E-state index in [1.54, 1.807) is 12.1 Å². The van der Waals surface area contributed by atoms with Gasteiger partial charge in [-0.25, -0.2) is 4.39 Å². The summed E-state index contributed by atoms with van der Waals surface area (Å²) < 4.78 is 14.2. The van der Waals surface area contributed by atoms with Crippen LogP contribution in [0.5, 0.6) is 0 Å². The van der Waals surface area contributed by atoms with E-state index in [0.29, 0.717) is 5.56 Å². The Bertz CT molecular complexity index is 1020. The van der Waals surface area contributed by atoms with Crippen LogP contribution < -0.4 is 10.9 Å². The monoisotopic (exact) mass is 387 g/mol. The Kier molecular flexibility index (Phi) is 5.41. The predicted octanol–water partition coefficient (Wildman–Crippen LogP) is 2.86. The average Bonchev–Trinajstić information content (AvgIpc) is 3.16. The van der Waals surface area contributed by atoms with Gasteiger partial charge in [-0.1, -0.05) is 18.2 Å². The molecule has 3 aromatic rings. The number of nitro groups is 1. The number of benzene rings is 1. The number of carbonyl (C=O) groups excluding carboxylic acids is 1. The minimum absolute atomic E-state index is 0.282. The van der Waals surface area contributed by atoms with Gasteiger partial charge >= 0.3 is 0 Å². The highest BCUT2D eigenvalue weighted by Crippen LogP contribution is 2.26. The zero-order valence-corrected chi connectivity index (χ0v) is 14.7. The summed E-state index contributed by atoms with van der Waals surface area (Å²) >= 11 is 1.42. The molecule has 1 atom stereocenters. The van der Waals surface area contributed by atoms with E-state index in [4.69, 9.17) is 0 Å². The van der Waals surface area contributed by atoms with E-state index in [1.807, 2.05) is 17.5 Å². The fourth-order valence-corrected chi connectivity index (χ4v) is 3.34. The highest BCUT2D eigenvalue weighted by Gasteiger charge is 2.19. The Balaban J connectivity index is 1.83. The number of nitrogens with zero attached hydrogens (tertiary/aromatic N) is 2. The summed E-state index contributed by atoms with van der Waals surface area (Å²) in [5.74, 6) is -0.890. The molecule has 0 saturated carbocycles. The maximum absolute atomic E-state index is 13.2. The summed E-state index contributed by atoms with van der Waals surface area (Å²) in [6.45, 7) is -0.371. The molecule has 0 saturated heterocycles. The van der Waals surface area contributed by atoms with E-state index in [0.717, 1.165) is 27.8 Å². The molecule has 1 amide bonds. The van der Waals surface area contributed by atoms with Crippen LogP contribution in [0.25, 0.3) is 0 Å². The Labute approximate surface area is 156 Å². The van der Waals surface area contributed by atoms with Crippen LogP contribution in [0.3, 0.4) is 0 Å². The standard InChI is InChI=1S/C18H14FN3O4S/c19-13-5-3-12(4-6-13)18(15-2-1-9-27-15)20-16(23)11-21-10-14(22(25)26)7-8-17(21)24/h1-10,18H,11H2,(H,20,23)/t18-/m1/s1. The van der Waals surface area contributed by atoms with E-state index in [-0.39, 0.29) is 12.2 Å². The van der Waals surface area contributed by atoms with Gasteiger partial charge < -0.3 is 5.32 Å². The third-order valence-electron chi connectivity index (χ3n) is 3.83. The van der Waals surface area contributed by atoms with Crippen LogP contribution in [-0.4, -0.2) is 15.4 Å². The lowest BCUT2D eigenvalue weighted by Crippen LogP contribution is -2.34. The van der Waals surface area contributed by atoms with Gasteiger partial charge in [0.05, 0.1) is 17.2 Å². The van der Waals surface area contributed by atoms with Crippen molar-refractivity contribution in [1.29, 1.82) is 0 Å². The molecule has 0 fully saturated rings. The predicted molar refractivity (Wildman–Crippen MR) is 98.1 cm³/mol. The van der Waals surface area contributed by atoms with Crippen molar-refractivity contribution in [3.63, 3.8) is 0 Å². The van der Waals surface area contributed by atoms with Crippen molar-refractivity contribution in [1.82, 2.24) is 9.88 Å². The largest absolute Gasteiger partial charge is 0.343 e. The highest BCUT2D eigenvalue weighted by molar-refractivity contribution is 7.10. The van der Waals surface area contributed by atoms with Crippen molar-refractivity contribution in [3.8, 4) is 0 Å². The fraction of sp³-hybridized carbons (Fsp3) is 0.111. The first kappa shape index (κ1) is 18.5. The molecule has 9 heteroatoms. The number of aromatic nitrogens is 1. The number of thiophene rings is 1. The first-order valence-corrected chi connectivity index (χ1v) is 8.75. The van der Waals surface area contributed by atoms with Gasteiger partial charge in [-0.15, -0.1) is 11.3 Å². The molecule has 1 N–H and O–H groups in total. The third-order valence-corrected chi connectivity index (χ3v) is 4.77. The van der Waals surface area contributed by atoms with Crippen molar-refractivity contribution in [3.05, 3.63) is 96.8 Å². The second-order valence-corrected chi connectivity index (χ2v) is 6.66. The molecule has 0 spiro atoms. The molecule has 138 valence electrons. The molecule has 0 unspecified atom stereocenters. The van der Waals surface area contributed by atoms with Crippen LogP contribution in [0.4, 0.5) is 10.1 Å². The van der Waals surface area contributed by atoms with Crippen LogP contribution in [0.1, 0.15) is 16.5 Å². The molecule has 27 heavy (non-hydrogen) atoms. The van der Waals surface area contributed by atoms with Crippen molar-refractivity contribution in [2.75, 3.05) is 0 Å². The molecule has 0 radical (unpaired) electrons. The molecule has 2 heterocycles. The van der Waals surface area contributed by atoms with Crippen LogP contribution in [0.15, 0.2) is 64.9 Å². The Morgan fingerprint density at radius 1 is 1.22 bits per heavy atom. The second-order valence-electron chi connectivity index (χ2n) is 5.68. The van der Waals surface area contributed by atoms with Crippen molar-refractivity contribution in [2.24, 2.45) is 0 Å². The molecule has 0 aliphatic heterocycles. The minimum Gasteiger partial charge on any atom is -0.343 e. The molecular weight excluding hydrogens is 373 g/mol. The van der Waals surface area contributed by atoms with Gasteiger partial charge in [0.25, 0.3) is 11.2 Å². The zero-order chi connectivity index (χ0) is 19.4. The van der Waals surface area contributed by atoms with Gasteiger partial charge in [-0.3, -0.25) is 24.3 Å². The number of hydrogen-bond acceptors (Lipinski definition) is 5. The first-order valence-electron chi connectivity index (χ1n) is 7.87. The van der Waals surface area contributed by atoms with Gasteiger partial charge in [0.1, 0.15) is 12.4 Å². The van der Waals surface area contributed by atoms with E-state index in [2.05, 4.69) is 5.32 Å². The van der Waals surface area contributed by atoms with Gasteiger partial charge in [-0.2, -0.15) is 0 Å². The molecule has 3 rings (SSSR count). The van der Waals surface area contributed by atoms with E-state index >= 15 is 0 Å². The van der Waals surface area contributed by atoms with Crippen molar-refractivity contribution < 1.29 is 14.1 Å². The SMILES string of the molecule is O=C(Cn1cc([N+](=O)[O-])ccc1=O)N[C@H](c1ccc(F)cc1)c1cccs1. The smallest absolute Gasteiger partial charge is 0.285 e. The fourth-order valence-electron chi connectivity index (χ4n) is 2.54. The summed E-state index contributed by atoms with van der Waals surface area (Å²) in [4.78, 5) is 35.4. The molecule has 0 aliphatic carbocycles. The van der Waals surface area contributed by atoms with Crippen LogP contribution >= 0.6 is 11.3 Å². The lowest BCUT2D eigenvalue weighted by Gasteiger charge is -2.18. The minimum atomic E-state index is -0.638. The van der Waals surface area contributed by atoms with E-state index in [9.17, 15) is 24.1 Å². The maximum atomic E-state index is 13.2. The third kappa shape index (κ3) is 4.45. The second kappa shape index (κ2) is 7.92. The lowest BCUT2D eigenvalue weighted by molar-refractivity contribution is -0.385. The van der Waals surface area contributed by atoms with Gasteiger partial charge in [0, 0.05) is 17.0 Å². The number of amides is 1. The average molecular weight is 387 g/mol. The Morgan fingerprint density at radius 2 is 1.96 bits per heavy atom. The van der Waals surface area contributed by atoms with E-state index in [1.165, 1.54) is 23.5 Å². The van der Waals surface area contributed by atoms with Crippen LogP contribution in [0.2, 0.25) is 0 Å². The lowest BCUT2D eigenvalue weighted by atomic mass is 10.1. The van der Waals surface area contributed by atoms with Crippen LogP contribution in [0, 0.1) is 15.9 Å². The Morgan fingerprint density at radius 3 is 2.59 bits per heavy atom. The molecule has 2 aromatic heterocycles. The zero-order valence-electron chi connectivity index (χ0n) is 13.9. The first-order chi connectivity index (χ1) is 12.9. The van der Waals surface area contributed by atoms with Crippen LogP contribution in [-0.2, 0) is 11.3 Å². The number of hydrogen-bond donors (Lipinski definition) is 1. The van der Waals surface area contributed by atoms with Gasteiger partial charge in [0.2, 0.25) is 5.91 Å². The summed E-state index contributed by atoms with van der Waals surface area (Å²) in [5, 5.41) is 15.5. The number of pyridine rings is 1. The number of nitrogens with one attached hydrogen (secondary N) is 1. The summed E-state index contributed by atoms with van der Waals surface area (Å²) in [7, 11) is 0. The number of carbonyl (C=O) groups is 1. The Hall–Kier alpha value is -3.33. The maximum Gasteiger partial charge on any atom is 0.285 e. The summed E-state index contributed by atoms with van der Waals surface area (Å²) in [5.41, 5.74) is -0.125. The van der Waals surface area contributed by atoms with E-state index < -0.39 is 28.2 Å². The highest BCUT2D eigenvalue weighted by atomic mass is 32.1. The summed E-state index contributed by atoms with van der Waals surface area (Å²) in [6.07, 6.45) is 1.03. The topological polar surface area (TPSA) is 94.2 Å². The molecule has 1 aromatic carbocycles. The molecule has 7 nitrogen and oxygen atoms in total. The quantitative estimate of drug-likeness (QED) is 0.520. The normalized spacial score (nSPS) is 11.7. The number of halogens is 1. The summed E-state index contributed by atoms with van der Waals surface area (Å²) in [6, 6.07) is 11.0. The molecule has 0 bridgehead atoms.